The molecule has 6 nitrogen and oxygen atoms in total. The molecule has 2 rings (SSSR count). The number of carbonyl (C=O) groups is 2. The van der Waals surface area contributed by atoms with E-state index in [1.807, 2.05) is 32.9 Å². The lowest BCUT2D eigenvalue weighted by Crippen LogP contribution is -2.35. The third-order valence-electron chi connectivity index (χ3n) is 3.72. The predicted molar refractivity (Wildman–Crippen MR) is 91.6 cm³/mol. The van der Waals surface area contributed by atoms with Gasteiger partial charge in [-0.2, -0.15) is 4.73 Å². The number of hydrogen-bond acceptors (Lipinski definition) is 3. The molecule has 1 N–H and O–H groups in total. The number of hydrogen-bond donors (Lipinski definition) is 1. The molecule has 1 aromatic carbocycles. The van der Waals surface area contributed by atoms with Crippen LogP contribution in [0.2, 0.25) is 0 Å². The number of nitrogens with zero attached hydrogens (tertiary/aromatic N) is 2. The summed E-state index contributed by atoms with van der Waals surface area (Å²) in [6, 6.07) is 6.86. The van der Waals surface area contributed by atoms with Gasteiger partial charge in [0.1, 0.15) is 0 Å². The molecule has 0 radical (unpaired) electrons. The van der Waals surface area contributed by atoms with Crippen molar-refractivity contribution >= 4 is 17.5 Å². The van der Waals surface area contributed by atoms with E-state index in [1.54, 1.807) is 7.05 Å². The molecule has 0 aliphatic rings. The summed E-state index contributed by atoms with van der Waals surface area (Å²) in [7, 11) is 1.55. The Kier molecular flexibility index (Phi) is 5.18. The van der Waals surface area contributed by atoms with Gasteiger partial charge in [0.25, 0.3) is 5.91 Å². The number of aryl methyl sites for hydroxylation is 3. The molecular weight excluding hydrogens is 306 g/mol. The van der Waals surface area contributed by atoms with Gasteiger partial charge in [-0.3, -0.25) is 9.59 Å². The minimum Gasteiger partial charge on any atom is -0.619 e. The summed E-state index contributed by atoms with van der Waals surface area (Å²) in [6.45, 7) is 5.81. The second-order valence-electron chi connectivity index (χ2n) is 5.93. The summed E-state index contributed by atoms with van der Waals surface area (Å²) >= 11 is 0. The summed E-state index contributed by atoms with van der Waals surface area (Å²) in [6.07, 6.45) is 2.50. The summed E-state index contributed by atoms with van der Waals surface area (Å²) in [5, 5.41) is 13.9. The molecule has 2 amide bonds. The van der Waals surface area contributed by atoms with Gasteiger partial charge in [-0.1, -0.05) is 17.7 Å². The second kappa shape index (κ2) is 7.12. The third-order valence-corrected chi connectivity index (χ3v) is 3.72. The lowest BCUT2D eigenvalue weighted by Gasteiger charge is -2.18. The van der Waals surface area contributed by atoms with Crippen molar-refractivity contribution in [1.29, 1.82) is 0 Å². The van der Waals surface area contributed by atoms with Gasteiger partial charge in [0, 0.05) is 24.9 Å². The number of benzene rings is 1. The molecule has 1 heterocycles. The number of aromatic nitrogens is 1. The Morgan fingerprint density at radius 1 is 1.12 bits per heavy atom. The molecule has 0 bridgehead atoms. The lowest BCUT2D eigenvalue weighted by molar-refractivity contribution is -0.605. The molecule has 1 aromatic heterocycles. The normalized spacial score (nSPS) is 10.3. The zero-order chi connectivity index (χ0) is 17.9. The lowest BCUT2D eigenvalue weighted by atomic mass is 10.1. The van der Waals surface area contributed by atoms with E-state index in [0.29, 0.717) is 10.3 Å². The first kappa shape index (κ1) is 17.5. The maximum Gasteiger partial charge on any atom is 0.254 e. The molecule has 0 saturated heterocycles. The van der Waals surface area contributed by atoms with Gasteiger partial charge in [-0.25, -0.2) is 0 Å². The monoisotopic (exact) mass is 327 g/mol. The number of amides is 2. The Labute approximate surface area is 141 Å². The van der Waals surface area contributed by atoms with E-state index in [1.165, 1.54) is 29.4 Å². The van der Waals surface area contributed by atoms with Crippen LogP contribution in [0.15, 0.2) is 36.7 Å². The zero-order valence-electron chi connectivity index (χ0n) is 14.3. The summed E-state index contributed by atoms with van der Waals surface area (Å²) in [5.41, 5.74) is 4.24. The highest BCUT2D eigenvalue weighted by Crippen LogP contribution is 2.21. The smallest absolute Gasteiger partial charge is 0.254 e. The van der Waals surface area contributed by atoms with Crippen LogP contribution in [-0.4, -0.2) is 30.3 Å². The van der Waals surface area contributed by atoms with Crippen LogP contribution in [0.1, 0.15) is 27.0 Å². The van der Waals surface area contributed by atoms with E-state index in [-0.39, 0.29) is 18.4 Å². The summed E-state index contributed by atoms with van der Waals surface area (Å²) in [5.74, 6) is -0.584. The van der Waals surface area contributed by atoms with Crippen LogP contribution in [-0.2, 0) is 4.79 Å². The number of likely N-dealkylation sites (N-methyl/N-ethyl adjacent to an activating group) is 1. The van der Waals surface area contributed by atoms with Crippen molar-refractivity contribution in [3.05, 3.63) is 64.1 Å². The first-order valence-corrected chi connectivity index (χ1v) is 7.60. The topological polar surface area (TPSA) is 76.4 Å². The van der Waals surface area contributed by atoms with Gasteiger partial charge in [0.05, 0.1) is 12.1 Å². The summed E-state index contributed by atoms with van der Waals surface area (Å²) in [4.78, 5) is 25.8. The Bertz CT molecular complexity index is 747. The Hall–Kier alpha value is -2.89. The van der Waals surface area contributed by atoms with Gasteiger partial charge in [-0.05, 0) is 31.9 Å². The van der Waals surface area contributed by atoms with Crippen LogP contribution in [0.5, 0.6) is 0 Å². The number of nitrogens with one attached hydrogen (secondary N) is 1. The Morgan fingerprint density at radius 3 is 2.21 bits per heavy atom. The van der Waals surface area contributed by atoms with Crippen molar-refractivity contribution in [2.75, 3.05) is 18.9 Å². The van der Waals surface area contributed by atoms with Gasteiger partial charge < -0.3 is 15.4 Å². The van der Waals surface area contributed by atoms with Crippen molar-refractivity contribution in [1.82, 2.24) is 4.90 Å². The Balaban J connectivity index is 2.04. The SMILES string of the molecule is Cc1cc(C)c(NC(=O)CN(C)C(=O)c2cc[n+]([O-])cc2)c(C)c1. The fourth-order valence-electron chi connectivity index (χ4n) is 2.62. The molecule has 0 fully saturated rings. The number of pyridine rings is 1. The van der Waals surface area contributed by atoms with Gasteiger partial charge in [0.15, 0.2) is 12.4 Å². The van der Waals surface area contributed by atoms with Crippen LogP contribution in [0.25, 0.3) is 0 Å². The fraction of sp³-hybridized carbons (Fsp3) is 0.278. The van der Waals surface area contributed by atoms with Crippen molar-refractivity contribution in [2.24, 2.45) is 0 Å². The molecule has 126 valence electrons. The maximum atomic E-state index is 12.3. The van der Waals surface area contributed by atoms with Crippen molar-refractivity contribution in [3.63, 3.8) is 0 Å². The molecule has 0 aliphatic heterocycles. The van der Waals surface area contributed by atoms with Crippen molar-refractivity contribution < 1.29 is 14.3 Å². The minimum absolute atomic E-state index is 0.0716. The highest BCUT2D eigenvalue weighted by Gasteiger charge is 2.16. The van der Waals surface area contributed by atoms with Gasteiger partial charge in [0.2, 0.25) is 5.91 Å². The zero-order valence-corrected chi connectivity index (χ0v) is 14.3. The number of anilines is 1. The van der Waals surface area contributed by atoms with Crippen LogP contribution < -0.4 is 10.0 Å². The van der Waals surface area contributed by atoms with E-state index in [0.717, 1.165) is 22.4 Å². The van der Waals surface area contributed by atoms with E-state index in [4.69, 9.17) is 0 Å². The summed E-state index contributed by atoms with van der Waals surface area (Å²) < 4.78 is 0.604. The van der Waals surface area contributed by atoms with Gasteiger partial charge >= 0.3 is 0 Å². The number of rotatable bonds is 4. The molecule has 6 heteroatoms. The van der Waals surface area contributed by atoms with Crippen LogP contribution in [0.3, 0.4) is 0 Å². The minimum atomic E-state index is -0.317. The van der Waals surface area contributed by atoms with Crippen LogP contribution in [0.4, 0.5) is 5.69 Å². The average Bonchev–Trinajstić information content (AvgIpc) is 2.50. The van der Waals surface area contributed by atoms with E-state index >= 15 is 0 Å². The second-order valence-corrected chi connectivity index (χ2v) is 5.93. The van der Waals surface area contributed by atoms with E-state index in [2.05, 4.69) is 5.32 Å². The predicted octanol–water partition coefficient (Wildman–Crippen LogP) is 1.96. The van der Waals surface area contributed by atoms with Crippen LogP contribution >= 0.6 is 0 Å². The van der Waals surface area contributed by atoms with Crippen molar-refractivity contribution in [3.8, 4) is 0 Å². The average molecular weight is 327 g/mol. The molecule has 24 heavy (non-hydrogen) atoms. The van der Waals surface area contributed by atoms with E-state index < -0.39 is 0 Å². The quantitative estimate of drug-likeness (QED) is 0.689. The molecule has 0 atom stereocenters. The standard InChI is InChI=1S/C18H21N3O3/c1-12-9-13(2)17(14(3)10-12)19-16(22)11-20(4)18(23)15-5-7-21(24)8-6-15/h5-10H,11H2,1-4H3,(H,19,22). The molecule has 0 spiro atoms. The molecule has 0 saturated carbocycles. The fourth-order valence-corrected chi connectivity index (χ4v) is 2.62. The molecule has 2 aromatic rings. The highest BCUT2D eigenvalue weighted by molar-refractivity contribution is 5.99. The van der Waals surface area contributed by atoms with Crippen LogP contribution in [0, 0.1) is 26.0 Å². The third kappa shape index (κ3) is 4.10. The highest BCUT2D eigenvalue weighted by atomic mass is 16.5. The molecular formula is C18H21N3O3. The number of carbonyl (C=O) groups excluding carboxylic acids is 2. The molecule has 0 unspecified atom stereocenters. The Morgan fingerprint density at radius 2 is 1.67 bits per heavy atom. The van der Waals surface area contributed by atoms with E-state index in [9.17, 15) is 14.8 Å². The largest absolute Gasteiger partial charge is 0.619 e. The first-order chi connectivity index (χ1) is 11.3. The van der Waals surface area contributed by atoms with Gasteiger partial charge in [-0.15, -0.1) is 0 Å². The maximum absolute atomic E-state index is 12.3. The van der Waals surface area contributed by atoms with Crippen molar-refractivity contribution in [2.45, 2.75) is 20.8 Å². The first-order valence-electron chi connectivity index (χ1n) is 7.60. The molecule has 0 aliphatic carbocycles.